The maximum atomic E-state index is 13.6. The van der Waals surface area contributed by atoms with Crippen LogP contribution in [0.25, 0.3) is 5.76 Å². The average molecular weight is 648 g/mol. The maximum absolute atomic E-state index is 13.6. The lowest BCUT2D eigenvalue weighted by Gasteiger charge is -2.23. The van der Waals surface area contributed by atoms with Crippen LogP contribution in [0.4, 0.5) is 5.13 Å². The molecule has 1 saturated heterocycles. The van der Waals surface area contributed by atoms with Gasteiger partial charge in [-0.05, 0) is 67.8 Å². The molecule has 1 unspecified atom stereocenters. The third kappa shape index (κ3) is 5.73. The smallest absolute Gasteiger partial charge is 0.350 e. The molecule has 4 aromatic rings. The second-order valence-corrected chi connectivity index (χ2v) is 11.5. The Kier molecular flexibility index (Phi) is 8.56. The standard InChI is InChI=1S/C32H27BrN2O6S/c1-4-40-31(39)29-19(3)34-32(42-29)35-26(21-10-12-22(33)13-11-21)25(28(37)30(35)38)27(36)24-15-14-23(16-18(24)2)41-17-20-8-6-5-7-9-20/h5-16,26,36H,4,17H2,1-3H3/b27-25-. The second kappa shape index (κ2) is 12.3. The monoisotopic (exact) mass is 646 g/mol. The van der Waals surface area contributed by atoms with Crippen LogP contribution < -0.4 is 9.64 Å². The summed E-state index contributed by atoms with van der Waals surface area (Å²) in [6.45, 7) is 5.70. The number of hydrogen-bond donors (Lipinski definition) is 1. The molecular weight excluding hydrogens is 620 g/mol. The van der Waals surface area contributed by atoms with Crippen LogP contribution in [0.5, 0.6) is 5.75 Å². The van der Waals surface area contributed by atoms with Gasteiger partial charge in [-0.1, -0.05) is 69.7 Å². The summed E-state index contributed by atoms with van der Waals surface area (Å²) in [4.78, 5) is 45.5. The molecule has 0 saturated carbocycles. The molecule has 0 bridgehead atoms. The van der Waals surface area contributed by atoms with E-state index < -0.39 is 23.7 Å². The molecule has 8 nitrogen and oxygen atoms in total. The Labute approximate surface area is 255 Å². The average Bonchev–Trinajstić information content (AvgIpc) is 3.49. The van der Waals surface area contributed by atoms with Crippen molar-refractivity contribution in [1.82, 2.24) is 4.98 Å². The summed E-state index contributed by atoms with van der Waals surface area (Å²) in [5.41, 5.74) is 2.96. The van der Waals surface area contributed by atoms with Crippen LogP contribution in [0, 0.1) is 13.8 Å². The Morgan fingerprint density at radius 2 is 1.76 bits per heavy atom. The summed E-state index contributed by atoms with van der Waals surface area (Å²) >= 11 is 4.39. The van der Waals surface area contributed by atoms with Gasteiger partial charge in [0.1, 0.15) is 23.0 Å². The van der Waals surface area contributed by atoms with E-state index in [-0.39, 0.29) is 27.9 Å². The minimum Gasteiger partial charge on any atom is -0.507 e. The van der Waals surface area contributed by atoms with Crippen LogP contribution in [0.1, 0.15) is 50.6 Å². The molecule has 0 aliphatic carbocycles. The highest BCUT2D eigenvalue weighted by molar-refractivity contribution is 9.10. The molecule has 42 heavy (non-hydrogen) atoms. The largest absolute Gasteiger partial charge is 0.507 e. The second-order valence-electron chi connectivity index (χ2n) is 9.60. The zero-order valence-electron chi connectivity index (χ0n) is 23.1. The molecule has 0 radical (unpaired) electrons. The van der Waals surface area contributed by atoms with Crippen LogP contribution in [-0.2, 0) is 20.9 Å². The van der Waals surface area contributed by atoms with E-state index in [1.165, 1.54) is 4.90 Å². The molecule has 1 fully saturated rings. The molecule has 5 rings (SSSR count). The van der Waals surface area contributed by atoms with Gasteiger partial charge in [0, 0.05) is 10.0 Å². The number of benzene rings is 3. The molecule has 0 spiro atoms. The fourth-order valence-electron chi connectivity index (χ4n) is 4.74. The van der Waals surface area contributed by atoms with Crippen molar-refractivity contribution in [2.75, 3.05) is 11.5 Å². The SMILES string of the molecule is CCOC(=O)c1sc(N2C(=O)C(=O)/C(=C(\O)c3ccc(OCc4ccccc4)cc3C)C2c2ccc(Br)cc2)nc1C. The number of hydrogen-bond acceptors (Lipinski definition) is 8. The maximum Gasteiger partial charge on any atom is 0.350 e. The van der Waals surface area contributed by atoms with Crippen molar-refractivity contribution < 1.29 is 29.0 Å². The number of carbonyl (C=O) groups is 3. The summed E-state index contributed by atoms with van der Waals surface area (Å²) in [5, 5.41) is 11.8. The number of nitrogens with zero attached hydrogens (tertiary/aromatic N) is 2. The number of amides is 1. The predicted octanol–water partition coefficient (Wildman–Crippen LogP) is 6.90. The topological polar surface area (TPSA) is 106 Å². The Hall–Kier alpha value is -4.28. The first-order valence-corrected chi connectivity index (χ1v) is 14.8. The van der Waals surface area contributed by atoms with Crippen molar-refractivity contribution in [3.63, 3.8) is 0 Å². The van der Waals surface area contributed by atoms with Crippen LogP contribution in [0.15, 0.2) is 82.8 Å². The van der Waals surface area contributed by atoms with Gasteiger partial charge in [-0.2, -0.15) is 0 Å². The minimum atomic E-state index is -0.980. The van der Waals surface area contributed by atoms with Crippen LogP contribution >= 0.6 is 27.3 Å². The first kappa shape index (κ1) is 29.2. The molecule has 1 aromatic heterocycles. The Morgan fingerprint density at radius 1 is 1.05 bits per heavy atom. The van der Waals surface area contributed by atoms with Crippen molar-refractivity contribution >= 4 is 55.8 Å². The number of anilines is 1. The Morgan fingerprint density at radius 3 is 2.43 bits per heavy atom. The van der Waals surface area contributed by atoms with Gasteiger partial charge in [0.2, 0.25) is 0 Å². The van der Waals surface area contributed by atoms with Gasteiger partial charge in [-0.15, -0.1) is 0 Å². The molecule has 1 N–H and O–H groups in total. The van der Waals surface area contributed by atoms with Gasteiger partial charge < -0.3 is 14.6 Å². The van der Waals surface area contributed by atoms with Crippen molar-refractivity contribution in [1.29, 1.82) is 0 Å². The highest BCUT2D eigenvalue weighted by Gasteiger charge is 2.48. The summed E-state index contributed by atoms with van der Waals surface area (Å²) in [6, 6.07) is 21.0. The van der Waals surface area contributed by atoms with Crippen LogP contribution in [0.3, 0.4) is 0 Å². The molecule has 1 atom stereocenters. The molecule has 1 aliphatic rings. The molecule has 1 amide bonds. The van der Waals surface area contributed by atoms with Crippen molar-refractivity contribution in [2.24, 2.45) is 0 Å². The minimum absolute atomic E-state index is 0.0751. The van der Waals surface area contributed by atoms with E-state index in [0.717, 1.165) is 21.4 Å². The summed E-state index contributed by atoms with van der Waals surface area (Å²) < 4.78 is 11.9. The molecular formula is C32H27BrN2O6S. The van der Waals surface area contributed by atoms with E-state index in [9.17, 15) is 19.5 Å². The third-order valence-electron chi connectivity index (χ3n) is 6.78. The first-order chi connectivity index (χ1) is 20.2. The highest BCUT2D eigenvalue weighted by atomic mass is 79.9. The fourth-order valence-corrected chi connectivity index (χ4v) is 5.99. The number of Topliss-reactive ketones (excluding diaryl/α,β-unsaturated/α-hetero) is 1. The quantitative estimate of drug-likeness (QED) is 0.0960. The molecule has 2 heterocycles. The van der Waals surface area contributed by atoms with Crippen LogP contribution in [-0.4, -0.2) is 34.4 Å². The Balaban J connectivity index is 1.57. The fraction of sp³-hybridized carbons (Fsp3) is 0.188. The number of thiazole rings is 1. The number of ether oxygens (including phenoxy) is 2. The van der Waals surface area contributed by atoms with Crippen molar-refractivity contribution in [3.05, 3.63) is 116 Å². The molecule has 1 aliphatic heterocycles. The van der Waals surface area contributed by atoms with E-state index in [2.05, 4.69) is 20.9 Å². The number of rotatable bonds is 8. The number of aromatic nitrogens is 1. The van der Waals surface area contributed by atoms with Gasteiger partial charge in [0.25, 0.3) is 5.78 Å². The van der Waals surface area contributed by atoms with Gasteiger partial charge in [-0.3, -0.25) is 14.5 Å². The number of halogens is 1. The van der Waals surface area contributed by atoms with E-state index in [1.54, 1.807) is 63.2 Å². The van der Waals surface area contributed by atoms with Crippen LogP contribution in [0.2, 0.25) is 0 Å². The molecule has 10 heteroatoms. The lowest BCUT2D eigenvalue weighted by molar-refractivity contribution is -0.132. The predicted molar refractivity (Wildman–Crippen MR) is 164 cm³/mol. The lowest BCUT2D eigenvalue weighted by Crippen LogP contribution is -2.29. The van der Waals surface area contributed by atoms with Crippen molar-refractivity contribution in [3.8, 4) is 5.75 Å². The zero-order valence-corrected chi connectivity index (χ0v) is 25.5. The number of aryl methyl sites for hydroxylation is 2. The summed E-state index contributed by atoms with van der Waals surface area (Å²) in [5.74, 6) is -1.97. The van der Waals surface area contributed by atoms with E-state index in [1.807, 2.05) is 30.3 Å². The number of ketones is 1. The lowest BCUT2D eigenvalue weighted by atomic mass is 9.94. The number of aliphatic hydroxyl groups excluding tert-OH is 1. The number of carbonyl (C=O) groups excluding carboxylic acids is 3. The summed E-state index contributed by atoms with van der Waals surface area (Å²) in [7, 11) is 0. The van der Waals surface area contributed by atoms with Gasteiger partial charge >= 0.3 is 11.9 Å². The third-order valence-corrected chi connectivity index (χ3v) is 8.45. The number of esters is 1. The first-order valence-electron chi connectivity index (χ1n) is 13.2. The Bertz CT molecular complexity index is 1700. The van der Waals surface area contributed by atoms with E-state index >= 15 is 0 Å². The highest BCUT2D eigenvalue weighted by Crippen LogP contribution is 2.44. The van der Waals surface area contributed by atoms with Gasteiger partial charge in [0.05, 0.1) is 23.9 Å². The number of aliphatic hydroxyl groups is 1. The van der Waals surface area contributed by atoms with E-state index in [0.29, 0.717) is 34.7 Å². The normalized spacial score (nSPS) is 16.1. The van der Waals surface area contributed by atoms with Crippen molar-refractivity contribution in [2.45, 2.75) is 33.4 Å². The van der Waals surface area contributed by atoms with Gasteiger partial charge in [0.15, 0.2) is 5.13 Å². The molecule has 214 valence electrons. The zero-order chi connectivity index (χ0) is 30.0. The van der Waals surface area contributed by atoms with E-state index in [4.69, 9.17) is 9.47 Å². The van der Waals surface area contributed by atoms with Gasteiger partial charge in [-0.25, -0.2) is 9.78 Å². The summed E-state index contributed by atoms with van der Waals surface area (Å²) in [6.07, 6.45) is 0. The molecule has 3 aromatic carbocycles.